The fourth-order valence-electron chi connectivity index (χ4n) is 0. The maximum Gasteiger partial charge on any atom is 0 e. The zero-order chi connectivity index (χ0) is 0. The van der Waals surface area contributed by atoms with Crippen molar-refractivity contribution in [2.45, 2.75) is 0 Å². The average Bonchev–Trinajstić information content (AvgIpc) is 0. The van der Waals surface area contributed by atoms with Crippen molar-refractivity contribution >= 4 is 80.1 Å². The third-order valence-corrected chi connectivity index (χ3v) is 0. The molecule has 14 valence electrons. The van der Waals surface area contributed by atoms with Crippen molar-refractivity contribution in [3.05, 3.63) is 0 Å². The van der Waals surface area contributed by atoms with Gasteiger partial charge in [0.2, 0.25) is 0 Å². The van der Waals surface area contributed by atoms with Crippen molar-refractivity contribution in [2.24, 2.45) is 0 Å². The summed E-state index contributed by atoms with van der Waals surface area (Å²) in [4.78, 5) is 0. The Morgan fingerprint density at radius 2 is 1.00 bits per heavy atom. The zero-order valence-electron chi connectivity index (χ0n) is 2.32. The molecule has 0 saturated heterocycles. The topological polar surface area (TPSA) is 0 Å². The second-order valence-corrected chi connectivity index (χ2v) is 0. The SMILES string of the molecule is [Ge].[Se].[Sr].[Zn]. The van der Waals surface area contributed by atoms with E-state index in [1.54, 1.807) is 0 Å². The quantitative estimate of drug-likeness (QED) is 0.496. The first-order valence-electron chi connectivity index (χ1n) is 0. The van der Waals surface area contributed by atoms with Gasteiger partial charge in [-0.1, -0.05) is 0 Å². The van der Waals surface area contributed by atoms with Gasteiger partial charge >= 0.3 is 0 Å². The molecule has 0 aromatic carbocycles. The molecule has 0 atom stereocenters. The van der Waals surface area contributed by atoms with E-state index in [1.807, 2.05) is 0 Å². The van der Waals surface area contributed by atoms with Crippen molar-refractivity contribution in [1.82, 2.24) is 0 Å². The molecule has 0 N–H and O–H groups in total. The van der Waals surface area contributed by atoms with Gasteiger partial charge in [0.1, 0.15) is 0 Å². The molecule has 0 unspecified atom stereocenters. The number of rotatable bonds is 0. The first-order chi connectivity index (χ1) is 0. The smallest absolute Gasteiger partial charge is 0 e. The Kier molecular flexibility index (Phi) is 112. The summed E-state index contributed by atoms with van der Waals surface area (Å²) in [7, 11) is 0. The van der Waals surface area contributed by atoms with Gasteiger partial charge in [0.25, 0.3) is 0 Å². The Bertz CT molecular complexity index is 8.00. The van der Waals surface area contributed by atoms with Crippen LogP contribution in [0.4, 0.5) is 0 Å². The molecule has 0 saturated carbocycles. The minimum atomic E-state index is 0. The first-order valence-corrected chi connectivity index (χ1v) is 0. The first kappa shape index (κ1) is 27.2. The maximum absolute atomic E-state index is 0. The van der Waals surface area contributed by atoms with Gasteiger partial charge in [-0.05, 0) is 0 Å². The Balaban J connectivity index is 0. The van der Waals surface area contributed by atoms with Crippen LogP contribution in [-0.4, -0.2) is 80.1 Å². The molecule has 0 aromatic rings. The van der Waals surface area contributed by atoms with Gasteiger partial charge in [-0.2, -0.15) is 0 Å². The van der Waals surface area contributed by atoms with Gasteiger partial charge in [-0.3, -0.25) is 0 Å². The molecule has 0 aromatic heterocycles. The van der Waals surface area contributed by atoms with Crippen LogP contribution in [0.25, 0.3) is 0 Å². The van der Waals surface area contributed by atoms with E-state index in [9.17, 15) is 0 Å². The van der Waals surface area contributed by atoms with Crippen molar-refractivity contribution < 1.29 is 19.5 Å². The van der Waals surface area contributed by atoms with Crippen LogP contribution in [0, 0.1) is 0 Å². The molecular formula is GeSeSrZn. The van der Waals surface area contributed by atoms with E-state index in [0.717, 1.165) is 0 Å². The summed E-state index contributed by atoms with van der Waals surface area (Å²) >= 11 is 0. The molecule has 0 amide bonds. The van der Waals surface area contributed by atoms with Gasteiger partial charge in [0.15, 0.2) is 0 Å². The van der Waals surface area contributed by atoms with Gasteiger partial charge in [0, 0.05) is 99.6 Å². The summed E-state index contributed by atoms with van der Waals surface area (Å²) in [5.41, 5.74) is 0. The molecule has 0 spiro atoms. The van der Waals surface area contributed by atoms with E-state index < -0.39 is 0 Å². The largest absolute Gasteiger partial charge is 0 e. The van der Waals surface area contributed by atoms with Crippen LogP contribution < -0.4 is 0 Å². The monoisotopic (exact) mass is 306 g/mol. The molecule has 0 rings (SSSR count). The van der Waals surface area contributed by atoms with E-state index in [0.29, 0.717) is 0 Å². The van der Waals surface area contributed by atoms with Crippen molar-refractivity contribution in [1.29, 1.82) is 0 Å². The summed E-state index contributed by atoms with van der Waals surface area (Å²) < 4.78 is 0. The fraction of sp³-hybridized carbons (Fsp3) is 0. The van der Waals surface area contributed by atoms with E-state index in [2.05, 4.69) is 0 Å². The summed E-state index contributed by atoms with van der Waals surface area (Å²) in [6.45, 7) is 0. The Morgan fingerprint density at radius 3 is 1.00 bits per heavy atom. The van der Waals surface area contributed by atoms with Crippen LogP contribution in [0.1, 0.15) is 0 Å². The number of hydrogen-bond donors (Lipinski definition) is 0. The summed E-state index contributed by atoms with van der Waals surface area (Å²) in [5, 5.41) is 0. The van der Waals surface area contributed by atoms with Crippen LogP contribution in [-0.2, 0) is 19.5 Å². The standard InChI is InChI=1S/Ge.Se.Sr.Zn. The van der Waals surface area contributed by atoms with Crippen LogP contribution in [0.2, 0.25) is 0 Å². The average molecular weight is 305 g/mol. The normalized spacial score (nSPS) is 0. The zero-order valence-corrected chi connectivity index (χ0v) is 12.6. The van der Waals surface area contributed by atoms with Gasteiger partial charge in [-0.25, -0.2) is 0 Å². The molecule has 0 aliphatic rings. The van der Waals surface area contributed by atoms with Gasteiger partial charge < -0.3 is 0 Å². The van der Waals surface area contributed by atoms with E-state index in [4.69, 9.17) is 0 Å². The van der Waals surface area contributed by atoms with Crippen molar-refractivity contribution in [3.8, 4) is 0 Å². The summed E-state index contributed by atoms with van der Waals surface area (Å²) in [6.07, 6.45) is 0. The fourth-order valence-corrected chi connectivity index (χ4v) is 0. The molecule has 0 nitrogen and oxygen atoms in total. The predicted octanol–water partition coefficient (Wildman–Crippen LogP) is -1.14. The van der Waals surface area contributed by atoms with Gasteiger partial charge in [-0.15, -0.1) is 0 Å². The van der Waals surface area contributed by atoms with Crippen molar-refractivity contribution in [2.75, 3.05) is 0 Å². The molecular weight excluding hydrogens is 305 g/mol. The summed E-state index contributed by atoms with van der Waals surface area (Å²) in [6, 6.07) is 0. The summed E-state index contributed by atoms with van der Waals surface area (Å²) in [5.74, 6) is 0. The molecule has 0 aliphatic carbocycles. The molecule has 4 heavy (non-hydrogen) atoms. The molecule has 0 fully saturated rings. The molecule has 0 heterocycles. The van der Waals surface area contributed by atoms with Gasteiger partial charge in [0.05, 0.1) is 0 Å². The second-order valence-electron chi connectivity index (χ2n) is 0. The predicted molar refractivity (Wildman–Crippen MR) is 17.3 cm³/mol. The molecule has 0 bridgehead atoms. The van der Waals surface area contributed by atoms with Crippen LogP contribution in [0.15, 0.2) is 0 Å². The minimum Gasteiger partial charge on any atom is 0 e. The van der Waals surface area contributed by atoms with Crippen LogP contribution in [0.3, 0.4) is 0 Å². The van der Waals surface area contributed by atoms with E-state index in [-0.39, 0.29) is 99.6 Å². The maximum atomic E-state index is 0. The van der Waals surface area contributed by atoms with E-state index in [1.165, 1.54) is 0 Å². The van der Waals surface area contributed by atoms with E-state index >= 15 is 0 Å². The Morgan fingerprint density at radius 1 is 1.00 bits per heavy atom. The van der Waals surface area contributed by atoms with Crippen LogP contribution >= 0.6 is 0 Å². The third kappa shape index (κ3) is 8.94. The number of hydrogen-bond acceptors (Lipinski definition) is 0. The molecule has 4 heteroatoms. The Hall–Kier alpha value is 3.17. The Labute approximate surface area is 97.3 Å². The molecule has 8 radical (unpaired) electrons. The third-order valence-electron chi connectivity index (χ3n) is 0. The molecule has 0 aliphatic heterocycles. The van der Waals surface area contributed by atoms with Crippen molar-refractivity contribution in [3.63, 3.8) is 0 Å². The minimum absolute atomic E-state index is 0. The second kappa shape index (κ2) is 16.4. The van der Waals surface area contributed by atoms with Crippen LogP contribution in [0.5, 0.6) is 0 Å².